The van der Waals surface area contributed by atoms with Crippen molar-refractivity contribution in [2.75, 3.05) is 0 Å². The Hall–Kier alpha value is -2.39. The van der Waals surface area contributed by atoms with Crippen molar-refractivity contribution < 1.29 is 0 Å². The first-order chi connectivity index (χ1) is 12.7. The molecule has 0 bridgehead atoms. The molecule has 1 N–H and O–H groups in total. The van der Waals surface area contributed by atoms with Gasteiger partial charge in [0, 0.05) is 24.0 Å². The fraction of sp³-hybridized carbons (Fsp3) is 0.348. The van der Waals surface area contributed by atoms with Crippen molar-refractivity contribution in [1.82, 2.24) is 15.1 Å². The summed E-state index contributed by atoms with van der Waals surface area (Å²) in [5, 5.41) is 8.64. The second kappa shape index (κ2) is 7.46. The lowest BCUT2D eigenvalue weighted by Gasteiger charge is -2.39. The molecule has 0 spiro atoms. The van der Waals surface area contributed by atoms with Gasteiger partial charge >= 0.3 is 0 Å². The summed E-state index contributed by atoms with van der Waals surface area (Å²) in [4.78, 5) is 2.64. The zero-order chi connectivity index (χ0) is 17.9. The number of aromatic nitrogens is 2. The third kappa shape index (κ3) is 3.58. The number of hydrogen-bond acceptors (Lipinski definition) is 2. The summed E-state index contributed by atoms with van der Waals surface area (Å²) in [7, 11) is 0. The van der Waals surface area contributed by atoms with Crippen LogP contribution in [-0.2, 0) is 6.54 Å². The molecule has 2 unspecified atom stereocenters. The van der Waals surface area contributed by atoms with Crippen LogP contribution >= 0.6 is 0 Å². The molecule has 1 aliphatic rings. The normalized spacial score (nSPS) is 21.6. The summed E-state index contributed by atoms with van der Waals surface area (Å²) in [6.07, 6.45) is 8.23. The van der Waals surface area contributed by atoms with E-state index in [1.165, 1.54) is 30.4 Å². The Morgan fingerprint density at radius 1 is 1.00 bits per heavy atom. The van der Waals surface area contributed by atoms with E-state index in [1.807, 2.05) is 12.1 Å². The molecule has 2 aromatic carbocycles. The summed E-state index contributed by atoms with van der Waals surface area (Å²) in [5.41, 5.74) is 4.67. The van der Waals surface area contributed by atoms with Crippen LogP contribution in [0.25, 0.3) is 23.1 Å². The Morgan fingerprint density at radius 2 is 1.73 bits per heavy atom. The number of nitrogens with one attached hydrogen (secondary N) is 1. The van der Waals surface area contributed by atoms with E-state index < -0.39 is 0 Å². The van der Waals surface area contributed by atoms with Crippen LogP contribution in [0.1, 0.15) is 49.9 Å². The molecule has 0 radical (unpaired) electrons. The Kier molecular flexibility index (Phi) is 4.89. The van der Waals surface area contributed by atoms with E-state index in [2.05, 4.69) is 77.5 Å². The highest BCUT2D eigenvalue weighted by Crippen LogP contribution is 2.25. The maximum absolute atomic E-state index is 4.40. The number of benzene rings is 2. The molecule has 134 valence electrons. The highest BCUT2D eigenvalue weighted by Gasteiger charge is 2.24. The Morgan fingerprint density at radius 3 is 2.50 bits per heavy atom. The number of H-pyrrole nitrogens is 1. The van der Waals surface area contributed by atoms with Gasteiger partial charge in [0.05, 0.1) is 11.2 Å². The largest absolute Gasteiger partial charge is 0.294 e. The highest BCUT2D eigenvalue weighted by molar-refractivity contribution is 5.89. The lowest BCUT2D eigenvalue weighted by atomic mass is 9.96. The summed E-state index contributed by atoms with van der Waals surface area (Å²) in [6, 6.07) is 18.5. The molecule has 26 heavy (non-hydrogen) atoms. The van der Waals surface area contributed by atoms with Gasteiger partial charge in [0.1, 0.15) is 0 Å². The van der Waals surface area contributed by atoms with E-state index in [4.69, 9.17) is 0 Å². The third-order valence-corrected chi connectivity index (χ3v) is 5.65. The van der Waals surface area contributed by atoms with Crippen molar-refractivity contribution in [2.45, 2.75) is 51.7 Å². The molecule has 2 atom stereocenters. The molecule has 1 fully saturated rings. The monoisotopic (exact) mass is 345 g/mol. The molecule has 0 amide bonds. The van der Waals surface area contributed by atoms with Gasteiger partial charge in [-0.3, -0.25) is 10.00 Å². The van der Waals surface area contributed by atoms with Crippen LogP contribution < -0.4 is 0 Å². The van der Waals surface area contributed by atoms with Gasteiger partial charge in [-0.15, -0.1) is 0 Å². The van der Waals surface area contributed by atoms with E-state index in [1.54, 1.807) is 0 Å². The van der Waals surface area contributed by atoms with Gasteiger partial charge in [-0.05, 0) is 50.0 Å². The molecule has 1 saturated heterocycles. The molecular weight excluding hydrogens is 318 g/mol. The predicted molar refractivity (Wildman–Crippen MR) is 110 cm³/mol. The standard InChI is InChI=1S/C23H27N3/c1-17-6-5-7-18(2)26(17)16-20-12-10-19(11-13-20)14-15-23-21-8-3-4-9-22(21)24-25-23/h3-4,8-15,17-18H,5-7,16H2,1-2H3,(H,24,25)/b15-14+. The van der Waals surface area contributed by atoms with E-state index in [9.17, 15) is 0 Å². The SMILES string of the molecule is CC1CCCC(C)N1Cc1ccc(/C=C/c2n[nH]c3ccccc23)cc1. The minimum atomic E-state index is 0.686. The van der Waals surface area contributed by atoms with Crippen molar-refractivity contribution in [3.05, 3.63) is 65.4 Å². The third-order valence-electron chi connectivity index (χ3n) is 5.65. The maximum Gasteiger partial charge on any atom is 0.0927 e. The van der Waals surface area contributed by atoms with Gasteiger partial charge in [-0.25, -0.2) is 0 Å². The van der Waals surface area contributed by atoms with Gasteiger partial charge in [0.25, 0.3) is 0 Å². The second-order valence-electron chi connectivity index (χ2n) is 7.53. The first kappa shape index (κ1) is 17.0. The fourth-order valence-corrected chi connectivity index (χ4v) is 4.02. The van der Waals surface area contributed by atoms with Crippen LogP contribution in [0.2, 0.25) is 0 Å². The van der Waals surface area contributed by atoms with Crippen LogP contribution in [0.4, 0.5) is 0 Å². The molecule has 3 nitrogen and oxygen atoms in total. The summed E-state index contributed by atoms with van der Waals surface area (Å²) in [5.74, 6) is 0. The first-order valence-corrected chi connectivity index (χ1v) is 9.66. The van der Waals surface area contributed by atoms with Crippen molar-refractivity contribution in [3.8, 4) is 0 Å². The molecule has 0 saturated carbocycles. The highest BCUT2D eigenvalue weighted by atomic mass is 15.2. The van der Waals surface area contributed by atoms with Crippen LogP contribution in [0.15, 0.2) is 48.5 Å². The number of likely N-dealkylation sites (tertiary alicyclic amines) is 1. The summed E-state index contributed by atoms with van der Waals surface area (Å²) < 4.78 is 0. The molecule has 0 aliphatic carbocycles. The van der Waals surface area contributed by atoms with E-state index in [0.29, 0.717) is 12.1 Å². The van der Waals surface area contributed by atoms with Gasteiger partial charge in [0.2, 0.25) is 0 Å². The lowest BCUT2D eigenvalue weighted by molar-refractivity contribution is 0.0953. The molecular formula is C23H27N3. The zero-order valence-corrected chi connectivity index (χ0v) is 15.7. The summed E-state index contributed by atoms with van der Waals surface area (Å²) in [6.45, 7) is 5.78. The molecule has 3 heteroatoms. The van der Waals surface area contributed by atoms with Crippen molar-refractivity contribution in [3.63, 3.8) is 0 Å². The Balaban J connectivity index is 1.46. The Labute approximate surface area is 155 Å². The number of piperidine rings is 1. The Bertz CT molecular complexity index is 881. The fourth-order valence-electron chi connectivity index (χ4n) is 4.02. The van der Waals surface area contributed by atoms with Crippen LogP contribution in [0.5, 0.6) is 0 Å². The van der Waals surface area contributed by atoms with Crippen LogP contribution in [-0.4, -0.2) is 27.2 Å². The van der Waals surface area contributed by atoms with Gasteiger partial charge in [-0.1, -0.05) is 55.0 Å². The minimum absolute atomic E-state index is 0.686. The van der Waals surface area contributed by atoms with Gasteiger partial charge < -0.3 is 0 Å². The van der Waals surface area contributed by atoms with Gasteiger partial charge in [-0.2, -0.15) is 5.10 Å². The average Bonchev–Trinajstić information content (AvgIpc) is 3.07. The second-order valence-corrected chi connectivity index (χ2v) is 7.53. The first-order valence-electron chi connectivity index (χ1n) is 9.66. The van der Waals surface area contributed by atoms with Crippen molar-refractivity contribution in [1.29, 1.82) is 0 Å². The smallest absolute Gasteiger partial charge is 0.0927 e. The minimum Gasteiger partial charge on any atom is -0.294 e. The van der Waals surface area contributed by atoms with Crippen LogP contribution in [0, 0.1) is 0 Å². The lowest BCUT2D eigenvalue weighted by Crippen LogP contribution is -2.42. The molecule has 2 heterocycles. The quantitative estimate of drug-likeness (QED) is 0.677. The van der Waals surface area contributed by atoms with Crippen LogP contribution in [0.3, 0.4) is 0 Å². The number of para-hydroxylation sites is 1. The van der Waals surface area contributed by atoms with E-state index in [-0.39, 0.29) is 0 Å². The van der Waals surface area contributed by atoms with E-state index in [0.717, 1.165) is 23.1 Å². The maximum atomic E-state index is 4.40. The topological polar surface area (TPSA) is 31.9 Å². The molecule has 3 aromatic rings. The van der Waals surface area contributed by atoms with E-state index >= 15 is 0 Å². The van der Waals surface area contributed by atoms with Crippen molar-refractivity contribution in [2.24, 2.45) is 0 Å². The number of rotatable bonds is 4. The summed E-state index contributed by atoms with van der Waals surface area (Å²) >= 11 is 0. The number of fused-ring (bicyclic) bond motifs is 1. The number of hydrogen-bond donors (Lipinski definition) is 1. The number of nitrogens with zero attached hydrogens (tertiary/aromatic N) is 2. The van der Waals surface area contributed by atoms with Crippen molar-refractivity contribution >= 4 is 23.1 Å². The van der Waals surface area contributed by atoms with Gasteiger partial charge in [0.15, 0.2) is 0 Å². The predicted octanol–water partition coefficient (Wildman–Crippen LogP) is 5.50. The average molecular weight is 345 g/mol. The molecule has 1 aliphatic heterocycles. The molecule has 4 rings (SSSR count). The number of aromatic amines is 1. The zero-order valence-electron chi connectivity index (χ0n) is 15.7. The molecule has 1 aromatic heterocycles.